The molecule has 1 amide bonds. The van der Waals surface area contributed by atoms with E-state index in [0.29, 0.717) is 6.42 Å². The average Bonchev–Trinajstić information content (AvgIpc) is 2.81. The van der Waals surface area contributed by atoms with E-state index in [9.17, 15) is 4.79 Å². The molecule has 0 saturated heterocycles. The summed E-state index contributed by atoms with van der Waals surface area (Å²) >= 11 is 0. The highest BCUT2D eigenvalue weighted by molar-refractivity contribution is 5.94. The summed E-state index contributed by atoms with van der Waals surface area (Å²) in [4.78, 5) is 12.1. The Morgan fingerprint density at radius 1 is 1.33 bits per heavy atom. The molecule has 1 aromatic heterocycles. The van der Waals surface area contributed by atoms with Gasteiger partial charge in [0, 0.05) is 17.9 Å². The Morgan fingerprint density at radius 3 is 2.76 bits per heavy atom. The van der Waals surface area contributed by atoms with Crippen molar-refractivity contribution >= 4 is 11.7 Å². The average molecular weight is 283 g/mol. The lowest BCUT2D eigenvalue weighted by Gasteiger charge is -2.28. The summed E-state index contributed by atoms with van der Waals surface area (Å²) in [6, 6.07) is 8.37. The molecule has 0 spiro atoms. The van der Waals surface area contributed by atoms with Crippen LogP contribution in [-0.2, 0) is 10.3 Å². The van der Waals surface area contributed by atoms with Crippen molar-refractivity contribution in [3.8, 4) is 0 Å². The van der Waals surface area contributed by atoms with Crippen molar-refractivity contribution in [3.63, 3.8) is 0 Å². The number of carbonyl (C=O) groups excluding carboxylic acids is 1. The lowest BCUT2D eigenvalue weighted by Crippen LogP contribution is -2.30. The van der Waals surface area contributed by atoms with Gasteiger partial charge < -0.3 is 5.32 Å². The zero-order valence-corrected chi connectivity index (χ0v) is 13.0. The molecule has 0 bridgehead atoms. The molecule has 2 aromatic rings. The number of nitrogens with zero attached hydrogens (tertiary/aromatic N) is 2. The Kier molecular flexibility index (Phi) is 3.12. The third kappa shape index (κ3) is 2.46. The van der Waals surface area contributed by atoms with Crippen molar-refractivity contribution in [3.05, 3.63) is 47.2 Å². The summed E-state index contributed by atoms with van der Waals surface area (Å²) in [5.41, 5.74) is 3.34. The third-order valence-corrected chi connectivity index (χ3v) is 3.90. The zero-order valence-electron chi connectivity index (χ0n) is 13.0. The number of carbonyl (C=O) groups is 1. The summed E-state index contributed by atoms with van der Waals surface area (Å²) in [6.45, 7) is 8.33. The van der Waals surface area contributed by atoms with Gasteiger partial charge in [0.1, 0.15) is 5.82 Å². The first-order chi connectivity index (χ1) is 9.86. The van der Waals surface area contributed by atoms with Gasteiger partial charge in [0.2, 0.25) is 5.91 Å². The molecule has 1 atom stereocenters. The SMILES string of the molecule is Cc1cccc(C2CC(=O)Nc3c2cnn3C(C)(C)C)c1. The van der Waals surface area contributed by atoms with Crippen molar-refractivity contribution < 1.29 is 4.79 Å². The molecule has 4 heteroatoms. The Labute approximate surface area is 125 Å². The number of rotatable bonds is 1. The monoisotopic (exact) mass is 283 g/mol. The number of hydrogen-bond acceptors (Lipinski definition) is 2. The van der Waals surface area contributed by atoms with Crippen LogP contribution >= 0.6 is 0 Å². The number of amides is 1. The van der Waals surface area contributed by atoms with E-state index in [0.717, 1.165) is 11.4 Å². The van der Waals surface area contributed by atoms with Crippen LogP contribution in [0.3, 0.4) is 0 Å². The lowest BCUT2D eigenvalue weighted by atomic mass is 9.86. The first-order valence-corrected chi connectivity index (χ1v) is 7.31. The van der Waals surface area contributed by atoms with E-state index in [4.69, 9.17) is 0 Å². The van der Waals surface area contributed by atoms with Crippen molar-refractivity contribution in [2.45, 2.75) is 45.6 Å². The van der Waals surface area contributed by atoms with Gasteiger partial charge >= 0.3 is 0 Å². The van der Waals surface area contributed by atoms with E-state index >= 15 is 0 Å². The molecule has 2 heterocycles. The molecule has 3 rings (SSSR count). The fourth-order valence-corrected chi connectivity index (χ4v) is 2.91. The minimum absolute atomic E-state index is 0.0556. The molecule has 0 radical (unpaired) electrons. The van der Waals surface area contributed by atoms with Gasteiger partial charge in [-0.2, -0.15) is 5.10 Å². The minimum Gasteiger partial charge on any atom is -0.311 e. The lowest BCUT2D eigenvalue weighted by molar-refractivity contribution is -0.116. The van der Waals surface area contributed by atoms with E-state index in [2.05, 4.69) is 56.3 Å². The van der Waals surface area contributed by atoms with E-state index in [1.807, 2.05) is 16.9 Å². The summed E-state index contributed by atoms with van der Waals surface area (Å²) in [6.07, 6.45) is 2.37. The Morgan fingerprint density at radius 2 is 2.10 bits per heavy atom. The third-order valence-electron chi connectivity index (χ3n) is 3.90. The fraction of sp³-hybridized carbons (Fsp3) is 0.412. The van der Waals surface area contributed by atoms with Crippen molar-refractivity contribution in [2.75, 3.05) is 5.32 Å². The molecule has 21 heavy (non-hydrogen) atoms. The maximum Gasteiger partial charge on any atom is 0.226 e. The van der Waals surface area contributed by atoms with Gasteiger partial charge in [-0.1, -0.05) is 29.8 Å². The van der Waals surface area contributed by atoms with Crippen molar-refractivity contribution in [2.24, 2.45) is 0 Å². The van der Waals surface area contributed by atoms with Crippen LogP contribution in [0, 0.1) is 6.92 Å². The fourth-order valence-electron chi connectivity index (χ4n) is 2.91. The highest BCUT2D eigenvalue weighted by Gasteiger charge is 2.32. The highest BCUT2D eigenvalue weighted by atomic mass is 16.1. The first kappa shape index (κ1) is 13.9. The molecule has 4 nitrogen and oxygen atoms in total. The van der Waals surface area contributed by atoms with Crippen LogP contribution in [0.4, 0.5) is 5.82 Å². The van der Waals surface area contributed by atoms with E-state index in [-0.39, 0.29) is 17.4 Å². The van der Waals surface area contributed by atoms with Crippen LogP contribution < -0.4 is 5.32 Å². The Balaban J connectivity index is 2.11. The molecule has 1 unspecified atom stereocenters. The van der Waals surface area contributed by atoms with Gasteiger partial charge in [-0.15, -0.1) is 0 Å². The van der Waals surface area contributed by atoms with Crippen LogP contribution in [0.1, 0.15) is 49.8 Å². The molecule has 0 aliphatic carbocycles. The van der Waals surface area contributed by atoms with E-state index < -0.39 is 0 Å². The maximum absolute atomic E-state index is 12.1. The molecule has 1 aliphatic rings. The Bertz CT molecular complexity index is 694. The molecule has 1 aromatic carbocycles. The van der Waals surface area contributed by atoms with Crippen molar-refractivity contribution in [1.29, 1.82) is 0 Å². The van der Waals surface area contributed by atoms with Crippen LogP contribution in [0.2, 0.25) is 0 Å². The van der Waals surface area contributed by atoms with E-state index in [1.54, 1.807) is 0 Å². The smallest absolute Gasteiger partial charge is 0.226 e. The molecule has 0 fully saturated rings. The second-order valence-corrected chi connectivity index (χ2v) is 6.75. The van der Waals surface area contributed by atoms with E-state index in [1.165, 1.54) is 11.1 Å². The number of nitrogens with one attached hydrogen (secondary N) is 1. The predicted molar refractivity (Wildman–Crippen MR) is 83.5 cm³/mol. The number of aromatic nitrogens is 2. The number of benzene rings is 1. The zero-order chi connectivity index (χ0) is 15.2. The van der Waals surface area contributed by atoms with Crippen LogP contribution in [0.5, 0.6) is 0 Å². The van der Waals surface area contributed by atoms with Crippen LogP contribution in [0.25, 0.3) is 0 Å². The standard InChI is InChI=1S/C17H21N3O/c1-11-6-5-7-12(8-11)13-9-15(21)19-16-14(13)10-18-20(16)17(2,3)4/h5-8,10,13H,9H2,1-4H3,(H,19,21). The molecule has 110 valence electrons. The molecule has 0 saturated carbocycles. The topological polar surface area (TPSA) is 46.9 Å². The quantitative estimate of drug-likeness (QED) is 0.871. The van der Waals surface area contributed by atoms with Crippen LogP contribution in [-0.4, -0.2) is 15.7 Å². The predicted octanol–water partition coefficient (Wildman–Crippen LogP) is 3.42. The Hall–Kier alpha value is -2.10. The highest BCUT2D eigenvalue weighted by Crippen LogP contribution is 2.38. The van der Waals surface area contributed by atoms with Crippen LogP contribution in [0.15, 0.2) is 30.5 Å². The molecule has 1 aliphatic heterocycles. The summed E-state index contributed by atoms with van der Waals surface area (Å²) in [5.74, 6) is 0.981. The second kappa shape index (κ2) is 4.72. The number of fused-ring (bicyclic) bond motifs is 1. The summed E-state index contributed by atoms with van der Waals surface area (Å²) < 4.78 is 1.90. The second-order valence-electron chi connectivity index (χ2n) is 6.75. The number of hydrogen-bond donors (Lipinski definition) is 1. The van der Waals surface area contributed by atoms with Gasteiger partial charge in [-0.3, -0.25) is 4.79 Å². The first-order valence-electron chi connectivity index (χ1n) is 7.31. The largest absolute Gasteiger partial charge is 0.311 e. The van der Waals surface area contributed by atoms with Crippen molar-refractivity contribution in [1.82, 2.24) is 9.78 Å². The molecular weight excluding hydrogens is 262 g/mol. The molecular formula is C17H21N3O. The van der Waals surface area contributed by atoms with Gasteiger partial charge in [0.15, 0.2) is 0 Å². The van der Waals surface area contributed by atoms with Gasteiger partial charge in [0.25, 0.3) is 0 Å². The molecule has 1 N–H and O–H groups in total. The summed E-state index contributed by atoms with van der Waals surface area (Å²) in [5, 5.41) is 7.49. The number of aryl methyl sites for hydroxylation is 1. The normalized spacial score (nSPS) is 18.3. The van der Waals surface area contributed by atoms with Gasteiger partial charge in [-0.25, -0.2) is 4.68 Å². The minimum atomic E-state index is -0.157. The van der Waals surface area contributed by atoms with Gasteiger partial charge in [-0.05, 0) is 33.3 Å². The number of anilines is 1. The maximum atomic E-state index is 12.1. The summed E-state index contributed by atoms with van der Waals surface area (Å²) in [7, 11) is 0. The van der Waals surface area contributed by atoms with Gasteiger partial charge in [0.05, 0.1) is 11.7 Å².